The lowest BCUT2D eigenvalue weighted by Crippen LogP contribution is -2.67. The summed E-state index contributed by atoms with van der Waals surface area (Å²) in [5.74, 6) is -4.98. The fourth-order valence-corrected chi connectivity index (χ4v) is 4.92. The van der Waals surface area contributed by atoms with Crippen LogP contribution in [0.4, 0.5) is 18.0 Å². The van der Waals surface area contributed by atoms with Crippen LogP contribution < -0.4 is 16.4 Å². The van der Waals surface area contributed by atoms with E-state index in [1.54, 1.807) is 41.7 Å². The summed E-state index contributed by atoms with van der Waals surface area (Å²) in [6.07, 6.45) is -5.45. The van der Waals surface area contributed by atoms with E-state index in [1.165, 1.54) is 24.3 Å². The van der Waals surface area contributed by atoms with Gasteiger partial charge in [0, 0.05) is 13.1 Å². The number of rotatable bonds is 7. The highest BCUT2D eigenvalue weighted by molar-refractivity contribution is 6.04. The van der Waals surface area contributed by atoms with Crippen LogP contribution in [-0.2, 0) is 36.1 Å². The average Bonchev–Trinajstić information content (AvgIpc) is 2.97. The third-order valence-electron chi connectivity index (χ3n) is 7.43. The second kappa shape index (κ2) is 13.1. The predicted molar refractivity (Wildman–Crippen MR) is 149 cm³/mol. The van der Waals surface area contributed by atoms with E-state index in [-0.39, 0.29) is 38.1 Å². The molecular weight excluding hydrogens is 585 g/mol. The van der Waals surface area contributed by atoms with Gasteiger partial charge in [0.05, 0.1) is 0 Å². The van der Waals surface area contributed by atoms with Crippen LogP contribution in [0.15, 0.2) is 65.7 Å². The summed E-state index contributed by atoms with van der Waals surface area (Å²) >= 11 is 0. The zero-order chi connectivity index (χ0) is 32.1. The molecule has 2 aliphatic heterocycles. The number of carbonyl (C=O) groups is 5. The molecule has 2 saturated heterocycles. The molecule has 0 saturated carbocycles. The zero-order valence-electron chi connectivity index (χ0n) is 23.7. The molecule has 2 fully saturated rings. The summed E-state index contributed by atoms with van der Waals surface area (Å²) in [6.45, 7) is 1.26. The van der Waals surface area contributed by atoms with Gasteiger partial charge in [-0.1, -0.05) is 60.7 Å². The van der Waals surface area contributed by atoms with Gasteiger partial charge < -0.3 is 26.0 Å². The lowest BCUT2D eigenvalue weighted by Gasteiger charge is -2.45. The first-order valence-corrected chi connectivity index (χ1v) is 13.7. The molecule has 0 bridgehead atoms. The molecule has 2 heterocycles. The number of nitrogens with two attached hydrogens (primary N) is 1. The highest BCUT2D eigenvalue weighted by Crippen LogP contribution is 2.31. The Morgan fingerprint density at radius 2 is 1.64 bits per heavy atom. The molecule has 44 heavy (non-hydrogen) atoms. The molecule has 2 aliphatic rings. The van der Waals surface area contributed by atoms with E-state index in [0.29, 0.717) is 6.42 Å². The first-order chi connectivity index (χ1) is 20.8. The third-order valence-corrected chi connectivity index (χ3v) is 7.43. The SMILES string of the molecule is C[C@](NC(=O)C(F)(F)F)(C(=O)N1CC[C@H]1C(=O)N[C@H]1CCCN(/C(N)=N/C(=O)OCc2ccccc2)C1=O)c1ccccc1. The number of carbonyl (C=O) groups excluding carboxylic acids is 5. The number of aliphatic imine (C=N–C) groups is 1. The maximum atomic E-state index is 13.6. The Morgan fingerprint density at radius 3 is 2.23 bits per heavy atom. The standard InChI is InChI=1S/C29H31F3N6O6/c1-28(19-11-6-3-7-12-19,36-24(41)29(30,31)32)25(42)37-16-14-21(37)22(39)34-20-13-8-15-38(23(20)40)26(33)35-27(43)44-17-18-9-4-2-5-10-18/h2-7,9-12,20-21H,8,13-17H2,1H3,(H,34,39)(H,36,41)(H2,33,35,43)/t20-,21-,28+/m0/s1. The van der Waals surface area contributed by atoms with E-state index < -0.39 is 59.5 Å². The fourth-order valence-electron chi connectivity index (χ4n) is 4.92. The van der Waals surface area contributed by atoms with Gasteiger partial charge in [0.1, 0.15) is 24.2 Å². The van der Waals surface area contributed by atoms with Gasteiger partial charge in [0.15, 0.2) is 0 Å². The number of piperidine rings is 1. The van der Waals surface area contributed by atoms with Crippen LogP contribution in [0.2, 0.25) is 0 Å². The molecule has 4 N–H and O–H groups in total. The number of nitrogens with one attached hydrogen (secondary N) is 2. The molecule has 0 unspecified atom stereocenters. The van der Waals surface area contributed by atoms with Crippen LogP contribution in [0, 0.1) is 0 Å². The molecular formula is C29H31F3N6O6. The number of benzene rings is 2. The Kier molecular flexibility index (Phi) is 9.55. The quantitative estimate of drug-likeness (QED) is 0.316. The van der Waals surface area contributed by atoms with E-state index in [4.69, 9.17) is 10.5 Å². The Hall–Kier alpha value is -4.95. The predicted octanol–water partition coefficient (Wildman–Crippen LogP) is 1.94. The van der Waals surface area contributed by atoms with Crippen molar-refractivity contribution in [2.45, 2.75) is 56.6 Å². The Bertz CT molecular complexity index is 1440. The van der Waals surface area contributed by atoms with E-state index in [9.17, 15) is 37.1 Å². The smallest absolute Gasteiger partial charge is 0.443 e. The number of halogens is 3. The Labute approximate surface area is 250 Å². The summed E-state index contributed by atoms with van der Waals surface area (Å²) < 4.78 is 44.5. The van der Waals surface area contributed by atoms with Crippen LogP contribution >= 0.6 is 0 Å². The largest absolute Gasteiger partial charge is 0.471 e. The van der Waals surface area contributed by atoms with Crippen molar-refractivity contribution in [3.63, 3.8) is 0 Å². The van der Waals surface area contributed by atoms with Gasteiger partial charge in [-0.3, -0.25) is 24.1 Å². The highest BCUT2D eigenvalue weighted by Gasteiger charge is 2.51. The molecule has 0 aromatic heterocycles. The molecule has 4 rings (SSSR count). The fraction of sp³-hybridized carbons (Fsp3) is 0.379. The molecule has 5 amide bonds. The van der Waals surface area contributed by atoms with Gasteiger partial charge >= 0.3 is 18.2 Å². The van der Waals surface area contributed by atoms with E-state index in [1.807, 2.05) is 0 Å². The van der Waals surface area contributed by atoms with Crippen LogP contribution in [0.1, 0.15) is 37.3 Å². The van der Waals surface area contributed by atoms with Crippen molar-refractivity contribution < 1.29 is 41.9 Å². The molecule has 2 aromatic rings. The van der Waals surface area contributed by atoms with Crippen LogP contribution in [0.25, 0.3) is 0 Å². The van der Waals surface area contributed by atoms with Crippen molar-refractivity contribution in [2.75, 3.05) is 13.1 Å². The minimum atomic E-state index is -5.25. The van der Waals surface area contributed by atoms with Gasteiger partial charge in [-0.15, -0.1) is 4.99 Å². The molecule has 0 aliphatic carbocycles. The molecule has 2 aromatic carbocycles. The van der Waals surface area contributed by atoms with Crippen molar-refractivity contribution in [1.29, 1.82) is 0 Å². The molecule has 12 nitrogen and oxygen atoms in total. The van der Waals surface area contributed by atoms with Gasteiger partial charge in [0.2, 0.25) is 11.9 Å². The lowest BCUT2D eigenvalue weighted by atomic mass is 9.87. The summed E-state index contributed by atoms with van der Waals surface area (Å²) in [4.78, 5) is 69.7. The number of amides is 5. The van der Waals surface area contributed by atoms with Crippen molar-refractivity contribution in [3.8, 4) is 0 Å². The summed E-state index contributed by atoms with van der Waals surface area (Å²) in [5, 5.41) is 4.36. The van der Waals surface area contributed by atoms with Gasteiger partial charge in [-0.2, -0.15) is 13.2 Å². The average molecular weight is 617 g/mol. The Balaban J connectivity index is 1.41. The first kappa shape index (κ1) is 32.0. The lowest BCUT2D eigenvalue weighted by molar-refractivity contribution is -0.178. The van der Waals surface area contributed by atoms with E-state index >= 15 is 0 Å². The minimum Gasteiger partial charge on any atom is -0.443 e. The first-order valence-electron chi connectivity index (χ1n) is 13.7. The number of nitrogens with zero attached hydrogens (tertiary/aromatic N) is 3. The summed E-state index contributed by atoms with van der Waals surface area (Å²) in [6, 6.07) is 14.1. The van der Waals surface area contributed by atoms with Crippen LogP contribution in [0.5, 0.6) is 0 Å². The van der Waals surface area contributed by atoms with Crippen LogP contribution in [-0.4, -0.2) is 76.8 Å². The van der Waals surface area contributed by atoms with Crippen molar-refractivity contribution >= 4 is 35.7 Å². The second-order valence-corrected chi connectivity index (χ2v) is 10.4. The van der Waals surface area contributed by atoms with Crippen molar-refractivity contribution in [2.24, 2.45) is 10.7 Å². The van der Waals surface area contributed by atoms with Crippen molar-refractivity contribution in [1.82, 2.24) is 20.4 Å². The summed E-state index contributed by atoms with van der Waals surface area (Å²) in [7, 11) is 0. The molecule has 0 spiro atoms. The number of guanidine groups is 1. The molecule has 15 heteroatoms. The zero-order valence-corrected chi connectivity index (χ0v) is 23.7. The topological polar surface area (TPSA) is 163 Å². The molecule has 3 atom stereocenters. The summed E-state index contributed by atoms with van der Waals surface area (Å²) in [5.41, 5.74) is 4.58. The van der Waals surface area contributed by atoms with Gasteiger partial charge in [-0.25, -0.2) is 4.79 Å². The van der Waals surface area contributed by atoms with Crippen molar-refractivity contribution in [3.05, 3.63) is 71.8 Å². The maximum absolute atomic E-state index is 13.6. The minimum absolute atomic E-state index is 0.0384. The normalized spacial score (nSPS) is 20.2. The van der Waals surface area contributed by atoms with Gasteiger partial charge in [0.25, 0.3) is 11.8 Å². The number of hydrogen-bond acceptors (Lipinski definition) is 6. The van der Waals surface area contributed by atoms with E-state index in [0.717, 1.165) is 22.3 Å². The number of likely N-dealkylation sites (tertiary alicyclic amines) is 2. The number of alkyl halides is 3. The van der Waals surface area contributed by atoms with Crippen LogP contribution in [0.3, 0.4) is 0 Å². The van der Waals surface area contributed by atoms with E-state index in [2.05, 4.69) is 10.3 Å². The molecule has 0 radical (unpaired) electrons. The third kappa shape index (κ3) is 7.15. The number of hydrogen-bond donors (Lipinski definition) is 3. The molecule has 234 valence electrons. The monoisotopic (exact) mass is 616 g/mol. The number of ether oxygens (including phenoxy) is 1. The highest BCUT2D eigenvalue weighted by atomic mass is 19.4. The van der Waals surface area contributed by atoms with Gasteiger partial charge in [-0.05, 0) is 37.3 Å². The Morgan fingerprint density at radius 1 is 1.00 bits per heavy atom. The maximum Gasteiger partial charge on any atom is 0.471 e. The second-order valence-electron chi connectivity index (χ2n) is 10.4.